The molecule has 2 aliphatic rings. The van der Waals surface area contributed by atoms with Gasteiger partial charge in [0.15, 0.2) is 5.17 Å². The second kappa shape index (κ2) is 9.48. The molecular formula is C26H27N5O2S. The molecule has 2 aliphatic heterocycles. The maximum Gasteiger partial charge on any atom is 0.266 e. The summed E-state index contributed by atoms with van der Waals surface area (Å²) in [6.07, 6.45) is 3.74. The number of aromatic nitrogens is 2. The average Bonchev–Trinajstić information content (AvgIpc) is 3.30. The van der Waals surface area contributed by atoms with Crippen molar-refractivity contribution in [1.29, 1.82) is 0 Å². The van der Waals surface area contributed by atoms with Crippen molar-refractivity contribution in [3.05, 3.63) is 76.6 Å². The number of carbonyl (C=O) groups excluding carboxylic acids is 1. The topological polar surface area (TPSA) is 63.0 Å². The van der Waals surface area contributed by atoms with Crippen LogP contribution in [0.5, 0.6) is 0 Å². The lowest BCUT2D eigenvalue weighted by Gasteiger charge is -2.28. The van der Waals surface area contributed by atoms with Crippen LogP contribution in [0, 0.1) is 13.8 Å². The van der Waals surface area contributed by atoms with E-state index in [1.807, 2.05) is 50.3 Å². The highest BCUT2D eigenvalue weighted by Gasteiger charge is 2.30. The molecule has 2 saturated heterocycles. The third kappa shape index (κ3) is 4.38. The first-order valence-corrected chi connectivity index (χ1v) is 12.1. The number of likely N-dealkylation sites (N-methyl/N-ethyl adjacent to an activating group) is 1. The summed E-state index contributed by atoms with van der Waals surface area (Å²) in [5, 5.41) is 0.675. The number of thioether (sulfide) groups is 1. The fourth-order valence-electron chi connectivity index (χ4n) is 4.24. The largest absolute Gasteiger partial charge is 0.378 e. The van der Waals surface area contributed by atoms with E-state index in [1.165, 1.54) is 17.4 Å². The van der Waals surface area contributed by atoms with Crippen LogP contribution in [-0.2, 0) is 9.53 Å². The van der Waals surface area contributed by atoms with Crippen molar-refractivity contribution in [2.75, 3.05) is 38.3 Å². The molecule has 0 radical (unpaired) electrons. The predicted molar refractivity (Wildman–Crippen MR) is 138 cm³/mol. The Kier molecular flexibility index (Phi) is 6.26. The van der Waals surface area contributed by atoms with Gasteiger partial charge in [-0.1, -0.05) is 6.07 Å². The van der Waals surface area contributed by atoms with E-state index in [1.54, 1.807) is 18.1 Å². The number of nitrogens with zero attached hydrogens (tertiary/aromatic N) is 5. The van der Waals surface area contributed by atoms with E-state index < -0.39 is 0 Å². The summed E-state index contributed by atoms with van der Waals surface area (Å²) in [6, 6.07) is 16.1. The van der Waals surface area contributed by atoms with Crippen LogP contribution < -0.4 is 4.90 Å². The molecule has 0 atom stereocenters. The minimum atomic E-state index is -0.0451. The third-order valence-electron chi connectivity index (χ3n) is 6.09. The third-order valence-corrected chi connectivity index (χ3v) is 7.15. The summed E-state index contributed by atoms with van der Waals surface area (Å²) in [5.74, 6) is 0.823. The number of amides is 1. The van der Waals surface area contributed by atoms with Crippen molar-refractivity contribution < 1.29 is 9.53 Å². The number of hydrogen-bond donors (Lipinski definition) is 0. The Bertz CT molecular complexity index is 1260. The number of amidine groups is 1. The van der Waals surface area contributed by atoms with Gasteiger partial charge in [-0.3, -0.25) is 9.69 Å². The smallest absolute Gasteiger partial charge is 0.266 e. The van der Waals surface area contributed by atoms with Gasteiger partial charge in [0, 0.05) is 43.4 Å². The standard InChI is InChI=1S/C26H27N5O2S/c1-18-16-20(19(2)31(18)24-6-4-5-11-27-24)17-23-25(32)29(3)26(34-23)28-21-7-9-22(10-8-21)30-12-14-33-15-13-30/h4-11,16-17H,12-15H2,1-3H3/b23-17-,28-26?. The van der Waals surface area contributed by atoms with Gasteiger partial charge in [-0.05, 0) is 79.7 Å². The van der Waals surface area contributed by atoms with Crippen molar-refractivity contribution in [2.45, 2.75) is 13.8 Å². The van der Waals surface area contributed by atoms with Gasteiger partial charge in [0.1, 0.15) is 5.82 Å². The van der Waals surface area contributed by atoms with E-state index in [4.69, 9.17) is 9.73 Å². The molecule has 5 rings (SSSR count). The maximum atomic E-state index is 13.0. The molecule has 174 valence electrons. The summed E-state index contributed by atoms with van der Waals surface area (Å²) in [6.45, 7) is 7.41. The number of ether oxygens (including phenoxy) is 1. The number of pyridine rings is 1. The van der Waals surface area contributed by atoms with Crippen LogP contribution in [0.2, 0.25) is 0 Å². The first-order valence-electron chi connectivity index (χ1n) is 11.3. The van der Waals surface area contributed by atoms with Gasteiger partial charge >= 0.3 is 0 Å². The number of morpholine rings is 1. The van der Waals surface area contributed by atoms with E-state index in [0.29, 0.717) is 10.1 Å². The van der Waals surface area contributed by atoms with Gasteiger partial charge in [-0.25, -0.2) is 9.98 Å². The van der Waals surface area contributed by atoms with Gasteiger partial charge in [0.2, 0.25) is 0 Å². The highest BCUT2D eigenvalue weighted by Crippen LogP contribution is 2.34. The Morgan fingerprint density at radius 3 is 2.56 bits per heavy atom. The molecule has 8 heteroatoms. The van der Waals surface area contributed by atoms with Crippen LogP contribution in [0.25, 0.3) is 11.9 Å². The lowest BCUT2D eigenvalue weighted by molar-refractivity contribution is -0.121. The van der Waals surface area contributed by atoms with E-state index in [-0.39, 0.29) is 5.91 Å². The first kappa shape index (κ1) is 22.4. The molecule has 3 aromatic rings. The summed E-state index contributed by atoms with van der Waals surface area (Å²) in [7, 11) is 1.77. The maximum absolute atomic E-state index is 13.0. The molecule has 0 unspecified atom stereocenters. The Balaban J connectivity index is 1.38. The van der Waals surface area contributed by atoms with Crippen molar-refractivity contribution in [3.63, 3.8) is 0 Å². The Hall–Kier alpha value is -3.36. The minimum Gasteiger partial charge on any atom is -0.378 e. The quantitative estimate of drug-likeness (QED) is 0.520. The lowest BCUT2D eigenvalue weighted by atomic mass is 10.2. The van der Waals surface area contributed by atoms with E-state index in [0.717, 1.165) is 54.8 Å². The molecule has 7 nitrogen and oxygen atoms in total. The molecule has 1 amide bonds. The Labute approximate surface area is 203 Å². The van der Waals surface area contributed by atoms with Gasteiger partial charge < -0.3 is 14.2 Å². The van der Waals surface area contributed by atoms with Crippen molar-refractivity contribution >= 4 is 40.3 Å². The molecule has 4 heterocycles. The Morgan fingerprint density at radius 1 is 1.09 bits per heavy atom. The zero-order valence-electron chi connectivity index (χ0n) is 19.6. The number of rotatable bonds is 4. The minimum absolute atomic E-state index is 0.0451. The second-order valence-corrected chi connectivity index (χ2v) is 9.34. The monoisotopic (exact) mass is 473 g/mol. The molecular weight excluding hydrogens is 446 g/mol. The van der Waals surface area contributed by atoms with Crippen LogP contribution in [0.1, 0.15) is 17.0 Å². The molecule has 0 N–H and O–H groups in total. The highest BCUT2D eigenvalue weighted by molar-refractivity contribution is 8.18. The number of hydrogen-bond acceptors (Lipinski definition) is 6. The zero-order valence-corrected chi connectivity index (χ0v) is 20.4. The molecule has 1 aromatic carbocycles. The average molecular weight is 474 g/mol. The second-order valence-electron chi connectivity index (χ2n) is 8.33. The lowest BCUT2D eigenvalue weighted by Crippen LogP contribution is -2.36. The molecule has 0 saturated carbocycles. The summed E-state index contributed by atoms with van der Waals surface area (Å²) in [4.78, 5) is 26.8. The van der Waals surface area contributed by atoms with Crippen LogP contribution in [0.15, 0.2) is 64.6 Å². The van der Waals surface area contributed by atoms with Crippen molar-refractivity contribution in [3.8, 4) is 5.82 Å². The van der Waals surface area contributed by atoms with Gasteiger partial charge in [0.05, 0.1) is 23.8 Å². The molecule has 0 aliphatic carbocycles. The molecule has 2 fully saturated rings. The van der Waals surface area contributed by atoms with Crippen molar-refractivity contribution in [2.24, 2.45) is 4.99 Å². The fourth-order valence-corrected chi connectivity index (χ4v) is 5.21. The summed E-state index contributed by atoms with van der Waals surface area (Å²) < 4.78 is 7.53. The zero-order chi connectivity index (χ0) is 23.7. The number of carbonyl (C=O) groups is 1. The highest BCUT2D eigenvalue weighted by atomic mass is 32.2. The van der Waals surface area contributed by atoms with Gasteiger partial charge in [0.25, 0.3) is 5.91 Å². The normalized spacial score (nSPS) is 19.0. The molecule has 0 bridgehead atoms. The van der Waals surface area contributed by atoms with E-state index in [9.17, 15) is 4.79 Å². The number of aryl methyl sites for hydroxylation is 1. The number of benzene rings is 1. The van der Waals surface area contributed by atoms with Crippen LogP contribution >= 0.6 is 11.8 Å². The van der Waals surface area contributed by atoms with E-state index in [2.05, 4.69) is 32.7 Å². The Morgan fingerprint density at radius 2 is 1.85 bits per heavy atom. The van der Waals surface area contributed by atoms with Crippen LogP contribution in [0.4, 0.5) is 11.4 Å². The summed E-state index contributed by atoms with van der Waals surface area (Å²) in [5.41, 5.74) is 5.11. The molecule has 34 heavy (non-hydrogen) atoms. The van der Waals surface area contributed by atoms with Crippen LogP contribution in [-0.4, -0.2) is 58.9 Å². The van der Waals surface area contributed by atoms with E-state index >= 15 is 0 Å². The molecule has 0 spiro atoms. The molecule has 2 aromatic heterocycles. The number of anilines is 1. The van der Waals surface area contributed by atoms with Crippen LogP contribution in [0.3, 0.4) is 0 Å². The summed E-state index contributed by atoms with van der Waals surface area (Å²) >= 11 is 1.40. The van der Waals surface area contributed by atoms with Gasteiger partial charge in [-0.15, -0.1) is 0 Å². The predicted octanol–water partition coefficient (Wildman–Crippen LogP) is 4.56. The number of aliphatic imine (C=N–C) groups is 1. The SMILES string of the molecule is Cc1cc(/C=C2\SC(=Nc3ccc(N4CCOCC4)cc3)N(C)C2=O)c(C)n1-c1ccccn1. The van der Waals surface area contributed by atoms with Crippen molar-refractivity contribution in [1.82, 2.24) is 14.5 Å². The first-order chi connectivity index (χ1) is 16.5. The van der Waals surface area contributed by atoms with Gasteiger partial charge in [-0.2, -0.15) is 0 Å². The fraction of sp³-hybridized carbons (Fsp3) is 0.269.